The van der Waals surface area contributed by atoms with Crippen LogP contribution in [0.4, 0.5) is 0 Å². The third-order valence-electron chi connectivity index (χ3n) is 2.34. The minimum Gasteiger partial charge on any atom is -0.293 e. The lowest BCUT2D eigenvalue weighted by molar-refractivity contribution is 0.0991. The second-order valence-corrected chi connectivity index (χ2v) is 4.87. The molecule has 0 radical (unpaired) electrons. The van der Waals surface area contributed by atoms with Crippen LogP contribution in [0.2, 0.25) is 5.02 Å². The van der Waals surface area contributed by atoms with Gasteiger partial charge in [-0.3, -0.25) is 9.78 Å². The van der Waals surface area contributed by atoms with Gasteiger partial charge in [0.15, 0.2) is 5.78 Å². The Bertz CT molecular complexity index is 530. The summed E-state index contributed by atoms with van der Waals surface area (Å²) in [7, 11) is 0. The molecule has 0 aliphatic rings. The zero-order valence-electron chi connectivity index (χ0n) is 8.81. The Morgan fingerprint density at radius 2 is 1.94 bits per heavy atom. The maximum absolute atomic E-state index is 12.2. The number of benzene rings is 1. The van der Waals surface area contributed by atoms with Gasteiger partial charge in [-0.15, -0.1) is 0 Å². The van der Waals surface area contributed by atoms with E-state index in [0.717, 1.165) is 5.56 Å². The molecule has 0 spiro atoms. The number of carbonyl (C=O) groups is 1. The SMILES string of the molecule is O=C(c1cccc(Cl)c1)C(Br)c1ccncc1. The minimum atomic E-state index is -0.371. The Kier molecular flexibility index (Phi) is 3.92. The molecule has 2 rings (SSSR count). The molecule has 0 aliphatic carbocycles. The van der Waals surface area contributed by atoms with Crippen molar-refractivity contribution in [2.24, 2.45) is 0 Å². The molecule has 2 aromatic rings. The fraction of sp³-hybridized carbons (Fsp3) is 0.0769. The maximum atomic E-state index is 12.2. The van der Waals surface area contributed by atoms with Gasteiger partial charge in [0.25, 0.3) is 0 Å². The molecule has 0 saturated heterocycles. The normalized spacial score (nSPS) is 12.1. The average Bonchev–Trinajstić information content (AvgIpc) is 2.38. The van der Waals surface area contributed by atoms with Crippen molar-refractivity contribution < 1.29 is 4.79 Å². The quantitative estimate of drug-likeness (QED) is 0.632. The highest BCUT2D eigenvalue weighted by Crippen LogP contribution is 2.27. The molecule has 0 N–H and O–H groups in total. The second-order valence-electron chi connectivity index (χ2n) is 3.52. The first kappa shape index (κ1) is 12.3. The first-order valence-electron chi connectivity index (χ1n) is 5.02. The van der Waals surface area contributed by atoms with Crippen molar-refractivity contribution in [2.45, 2.75) is 4.83 Å². The van der Waals surface area contributed by atoms with E-state index < -0.39 is 0 Å². The summed E-state index contributed by atoms with van der Waals surface area (Å²) in [5, 5.41) is 0.560. The summed E-state index contributed by atoms with van der Waals surface area (Å²) in [5.41, 5.74) is 1.47. The number of alkyl halides is 1. The highest BCUT2D eigenvalue weighted by Gasteiger charge is 2.18. The van der Waals surface area contributed by atoms with E-state index in [1.807, 2.05) is 12.1 Å². The third-order valence-corrected chi connectivity index (χ3v) is 3.52. The molecule has 0 amide bonds. The molecule has 0 fully saturated rings. The number of rotatable bonds is 3. The number of Topliss-reactive ketones (excluding diaryl/α,β-unsaturated/α-hetero) is 1. The van der Waals surface area contributed by atoms with Crippen LogP contribution < -0.4 is 0 Å². The van der Waals surface area contributed by atoms with E-state index in [1.165, 1.54) is 0 Å². The number of ketones is 1. The number of pyridine rings is 1. The molecule has 86 valence electrons. The van der Waals surface area contributed by atoms with E-state index in [4.69, 9.17) is 11.6 Å². The fourth-order valence-electron chi connectivity index (χ4n) is 1.47. The van der Waals surface area contributed by atoms with Crippen LogP contribution in [0, 0.1) is 0 Å². The number of carbonyl (C=O) groups excluding carboxylic acids is 1. The molecule has 0 saturated carbocycles. The molecule has 1 heterocycles. The number of halogens is 2. The zero-order chi connectivity index (χ0) is 12.3. The Balaban J connectivity index is 2.27. The van der Waals surface area contributed by atoms with Crippen molar-refractivity contribution in [3.8, 4) is 0 Å². The largest absolute Gasteiger partial charge is 0.293 e. The number of hydrogen-bond donors (Lipinski definition) is 0. The van der Waals surface area contributed by atoms with E-state index in [-0.39, 0.29) is 10.6 Å². The predicted octanol–water partition coefficient (Wildman–Crippen LogP) is 4.05. The molecule has 1 aromatic heterocycles. The highest BCUT2D eigenvalue weighted by atomic mass is 79.9. The van der Waals surface area contributed by atoms with Crippen LogP contribution in [0.3, 0.4) is 0 Å². The van der Waals surface area contributed by atoms with E-state index in [2.05, 4.69) is 20.9 Å². The van der Waals surface area contributed by atoms with Crippen LogP contribution in [0.15, 0.2) is 48.8 Å². The maximum Gasteiger partial charge on any atom is 0.180 e. The Morgan fingerprint density at radius 3 is 2.59 bits per heavy atom. The van der Waals surface area contributed by atoms with Gasteiger partial charge in [0, 0.05) is 23.0 Å². The van der Waals surface area contributed by atoms with Crippen LogP contribution in [0.25, 0.3) is 0 Å². The van der Waals surface area contributed by atoms with Crippen LogP contribution in [-0.2, 0) is 0 Å². The molecule has 1 unspecified atom stereocenters. The molecule has 1 atom stereocenters. The van der Waals surface area contributed by atoms with Gasteiger partial charge in [0.05, 0.1) is 0 Å². The molecule has 0 aliphatic heterocycles. The Labute approximate surface area is 113 Å². The molecule has 17 heavy (non-hydrogen) atoms. The van der Waals surface area contributed by atoms with Gasteiger partial charge in [-0.25, -0.2) is 0 Å². The molecular formula is C13H9BrClNO. The molecular weight excluding hydrogens is 302 g/mol. The van der Waals surface area contributed by atoms with Crippen LogP contribution in [-0.4, -0.2) is 10.8 Å². The van der Waals surface area contributed by atoms with Crippen molar-refractivity contribution in [3.05, 3.63) is 64.9 Å². The standard InChI is InChI=1S/C13H9BrClNO/c14-12(9-4-6-16-7-5-9)13(17)10-2-1-3-11(15)8-10/h1-8,12H. The van der Waals surface area contributed by atoms with Gasteiger partial charge < -0.3 is 0 Å². The topological polar surface area (TPSA) is 30.0 Å². The van der Waals surface area contributed by atoms with Crippen LogP contribution >= 0.6 is 27.5 Å². The Hall–Kier alpha value is -1.19. The first-order chi connectivity index (χ1) is 8.18. The van der Waals surface area contributed by atoms with E-state index in [9.17, 15) is 4.79 Å². The van der Waals surface area contributed by atoms with Gasteiger partial charge in [-0.05, 0) is 29.8 Å². The number of hydrogen-bond acceptors (Lipinski definition) is 2. The monoisotopic (exact) mass is 309 g/mol. The summed E-state index contributed by atoms with van der Waals surface area (Å²) in [5.74, 6) is -0.0151. The van der Waals surface area contributed by atoms with E-state index in [1.54, 1.807) is 36.7 Å². The summed E-state index contributed by atoms with van der Waals surface area (Å²) >= 11 is 9.25. The zero-order valence-corrected chi connectivity index (χ0v) is 11.1. The molecule has 4 heteroatoms. The first-order valence-corrected chi connectivity index (χ1v) is 6.31. The summed E-state index contributed by atoms with van der Waals surface area (Å²) in [4.78, 5) is 15.7. The van der Waals surface area contributed by atoms with Crippen LogP contribution in [0.1, 0.15) is 20.7 Å². The Morgan fingerprint density at radius 1 is 1.24 bits per heavy atom. The van der Waals surface area contributed by atoms with E-state index in [0.29, 0.717) is 10.6 Å². The number of nitrogens with zero attached hydrogens (tertiary/aromatic N) is 1. The van der Waals surface area contributed by atoms with Gasteiger partial charge in [-0.1, -0.05) is 39.7 Å². The van der Waals surface area contributed by atoms with Crippen molar-refractivity contribution in [2.75, 3.05) is 0 Å². The lowest BCUT2D eigenvalue weighted by atomic mass is 10.0. The molecule has 2 nitrogen and oxygen atoms in total. The van der Waals surface area contributed by atoms with Crippen molar-refractivity contribution in [3.63, 3.8) is 0 Å². The average molecular weight is 311 g/mol. The van der Waals surface area contributed by atoms with Gasteiger partial charge >= 0.3 is 0 Å². The third kappa shape index (κ3) is 2.93. The van der Waals surface area contributed by atoms with Crippen molar-refractivity contribution in [1.82, 2.24) is 4.98 Å². The summed E-state index contributed by atoms with van der Waals surface area (Å²) < 4.78 is 0. The smallest absolute Gasteiger partial charge is 0.180 e. The second kappa shape index (κ2) is 5.43. The summed E-state index contributed by atoms with van der Waals surface area (Å²) in [6.45, 7) is 0. The van der Waals surface area contributed by atoms with Gasteiger partial charge in [0.2, 0.25) is 0 Å². The van der Waals surface area contributed by atoms with Crippen molar-refractivity contribution in [1.29, 1.82) is 0 Å². The summed E-state index contributed by atoms with van der Waals surface area (Å²) in [6, 6.07) is 10.5. The lowest BCUT2D eigenvalue weighted by Crippen LogP contribution is -2.06. The van der Waals surface area contributed by atoms with Crippen LogP contribution in [0.5, 0.6) is 0 Å². The fourth-order valence-corrected chi connectivity index (χ4v) is 2.23. The van der Waals surface area contributed by atoms with E-state index >= 15 is 0 Å². The van der Waals surface area contributed by atoms with Crippen molar-refractivity contribution >= 4 is 33.3 Å². The lowest BCUT2D eigenvalue weighted by Gasteiger charge is -2.09. The summed E-state index contributed by atoms with van der Waals surface area (Å²) in [6.07, 6.45) is 3.32. The molecule has 1 aromatic carbocycles. The van der Waals surface area contributed by atoms with Gasteiger partial charge in [-0.2, -0.15) is 0 Å². The minimum absolute atomic E-state index is 0.0151. The number of aromatic nitrogens is 1. The highest BCUT2D eigenvalue weighted by molar-refractivity contribution is 9.09. The predicted molar refractivity (Wildman–Crippen MR) is 71.7 cm³/mol. The molecule has 0 bridgehead atoms. The van der Waals surface area contributed by atoms with Gasteiger partial charge in [0.1, 0.15) is 4.83 Å².